The lowest BCUT2D eigenvalue weighted by molar-refractivity contribution is 0.208. The third-order valence-corrected chi connectivity index (χ3v) is 3.24. The van der Waals surface area contributed by atoms with Crippen molar-refractivity contribution < 1.29 is 5.11 Å². The van der Waals surface area contributed by atoms with Crippen LogP contribution in [0.5, 0.6) is 0 Å². The van der Waals surface area contributed by atoms with Crippen LogP contribution >= 0.6 is 23.2 Å². The third-order valence-electron chi connectivity index (χ3n) is 2.64. The number of halogens is 2. The largest absolute Gasteiger partial charge is 0.392 e. The van der Waals surface area contributed by atoms with Gasteiger partial charge in [-0.05, 0) is 19.1 Å². The lowest BCUT2D eigenvalue weighted by atomic mass is 10.3. The predicted molar refractivity (Wildman–Crippen MR) is 79.7 cm³/mol. The van der Waals surface area contributed by atoms with Crippen LogP contribution in [-0.4, -0.2) is 27.3 Å². The molecule has 0 radical (unpaired) electrons. The first-order valence-corrected chi connectivity index (χ1v) is 6.75. The molecule has 0 amide bonds. The minimum absolute atomic E-state index is 0.422. The minimum Gasteiger partial charge on any atom is -0.392 e. The summed E-state index contributed by atoms with van der Waals surface area (Å²) in [5, 5.41) is 13.0. The molecule has 0 aliphatic rings. The Balaban J connectivity index is 2.39. The predicted octanol–water partition coefficient (Wildman–Crippen LogP) is 3.15. The molecule has 0 saturated heterocycles. The van der Waals surface area contributed by atoms with Crippen LogP contribution in [0.2, 0.25) is 0 Å². The first kappa shape index (κ1) is 14.2. The van der Waals surface area contributed by atoms with Gasteiger partial charge < -0.3 is 15.0 Å². The van der Waals surface area contributed by atoms with Crippen LogP contribution in [0.3, 0.4) is 0 Å². The average Bonchev–Trinajstić information content (AvgIpc) is 2.74. The molecule has 0 aliphatic heterocycles. The number of aromatic nitrogens is 2. The van der Waals surface area contributed by atoms with Crippen molar-refractivity contribution in [1.29, 1.82) is 0 Å². The number of para-hydroxylation sites is 2. The monoisotopic (exact) mass is 299 g/mol. The maximum absolute atomic E-state index is 9.35. The van der Waals surface area contributed by atoms with Gasteiger partial charge in [-0.15, -0.1) is 0 Å². The van der Waals surface area contributed by atoms with Gasteiger partial charge in [0.05, 0.1) is 23.7 Å². The molecule has 102 valence electrons. The Labute approximate surface area is 121 Å². The van der Waals surface area contributed by atoms with E-state index in [0.717, 1.165) is 11.0 Å². The number of anilines is 1. The first-order valence-electron chi connectivity index (χ1n) is 5.93. The molecule has 0 spiro atoms. The molecule has 0 saturated carbocycles. The van der Waals surface area contributed by atoms with E-state index in [9.17, 15) is 5.11 Å². The van der Waals surface area contributed by atoms with Gasteiger partial charge in [-0.3, -0.25) is 0 Å². The fourth-order valence-electron chi connectivity index (χ4n) is 1.80. The normalized spacial score (nSPS) is 13.8. The number of benzene rings is 1. The summed E-state index contributed by atoms with van der Waals surface area (Å²) in [4.78, 5) is 4.48. The van der Waals surface area contributed by atoms with Gasteiger partial charge in [0.2, 0.25) is 5.95 Å². The van der Waals surface area contributed by atoms with Gasteiger partial charge in [0.1, 0.15) is 0 Å². The number of hydrogen-bond donors (Lipinski definition) is 2. The quantitative estimate of drug-likeness (QED) is 0.892. The number of aliphatic hydroxyl groups excluding tert-OH is 1. The zero-order chi connectivity index (χ0) is 13.8. The number of allylic oxidation sites excluding steroid dienone is 1. The fraction of sp³-hybridized carbons (Fsp3) is 0.308. The number of imidazole rings is 1. The summed E-state index contributed by atoms with van der Waals surface area (Å²) in [6.45, 7) is 2.57. The molecule has 19 heavy (non-hydrogen) atoms. The van der Waals surface area contributed by atoms with E-state index >= 15 is 0 Å². The van der Waals surface area contributed by atoms with Crippen molar-refractivity contribution in [2.24, 2.45) is 0 Å². The molecular weight excluding hydrogens is 285 g/mol. The van der Waals surface area contributed by atoms with E-state index in [0.29, 0.717) is 24.1 Å². The number of rotatable bonds is 5. The molecule has 0 fully saturated rings. The van der Waals surface area contributed by atoms with Gasteiger partial charge in [-0.1, -0.05) is 35.3 Å². The number of hydrogen-bond acceptors (Lipinski definition) is 3. The summed E-state index contributed by atoms with van der Waals surface area (Å²) in [6, 6.07) is 7.76. The molecular formula is C13H15Cl2N3O. The number of nitrogens with zero attached hydrogens (tertiary/aromatic N) is 2. The summed E-state index contributed by atoms with van der Waals surface area (Å²) in [5.41, 5.74) is 3.18. The number of nitrogens with one attached hydrogen (secondary N) is 1. The topological polar surface area (TPSA) is 50.1 Å². The van der Waals surface area contributed by atoms with E-state index in [-0.39, 0.29) is 0 Å². The van der Waals surface area contributed by atoms with Crippen LogP contribution in [0.15, 0.2) is 34.8 Å². The highest BCUT2D eigenvalue weighted by Gasteiger charge is 2.11. The second kappa shape index (κ2) is 6.28. The Morgan fingerprint density at radius 3 is 2.95 bits per heavy atom. The van der Waals surface area contributed by atoms with Gasteiger partial charge >= 0.3 is 0 Å². The van der Waals surface area contributed by atoms with Crippen LogP contribution in [0.25, 0.3) is 11.0 Å². The second-order valence-corrected chi connectivity index (χ2v) is 5.00. The van der Waals surface area contributed by atoms with E-state index in [2.05, 4.69) is 10.3 Å². The SMILES string of the molecule is CC(O)CNc1nc2ccccc2n1C/C(Cl)=C/Cl. The maximum Gasteiger partial charge on any atom is 0.204 e. The van der Waals surface area contributed by atoms with Crippen molar-refractivity contribution >= 4 is 40.2 Å². The van der Waals surface area contributed by atoms with Gasteiger partial charge in [0.25, 0.3) is 0 Å². The molecule has 1 aromatic carbocycles. The molecule has 1 unspecified atom stereocenters. The standard InChI is InChI=1S/C13H15Cl2N3O/c1-9(19)7-16-13-17-11-4-2-3-5-12(11)18(13)8-10(15)6-14/h2-6,9,19H,7-8H2,1H3,(H,16,17)/b10-6-. The zero-order valence-electron chi connectivity index (χ0n) is 10.5. The van der Waals surface area contributed by atoms with Gasteiger partial charge in [-0.2, -0.15) is 0 Å². The van der Waals surface area contributed by atoms with Crippen molar-refractivity contribution in [1.82, 2.24) is 9.55 Å². The summed E-state index contributed by atoms with van der Waals surface area (Å²) in [7, 11) is 0. The van der Waals surface area contributed by atoms with Crippen molar-refractivity contribution in [3.8, 4) is 0 Å². The summed E-state index contributed by atoms with van der Waals surface area (Å²) in [6.07, 6.45) is -0.452. The smallest absolute Gasteiger partial charge is 0.204 e. The number of fused-ring (bicyclic) bond motifs is 1. The zero-order valence-corrected chi connectivity index (χ0v) is 12.0. The summed E-state index contributed by atoms with van der Waals surface area (Å²) in [5.74, 6) is 0.666. The average molecular weight is 300 g/mol. The van der Waals surface area contributed by atoms with E-state index in [1.54, 1.807) is 6.92 Å². The van der Waals surface area contributed by atoms with E-state index < -0.39 is 6.10 Å². The molecule has 1 atom stereocenters. The van der Waals surface area contributed by atoms with Gasteiger partial charge in [-0.25, -0.2) is 4.98 Å². The Bertz CT molecular complexity index is 593. The molecule has 1 aromatic heterocycles. The van der Waals surface area contributed by atoms with E-state index in [1.165, 1.54) is 5.54 Å². The van der Waals surface area contributed by atoms with E-state index in [4.69, 9.17) is 23.2 Å². The molecule has 0 bridgehead atoms. The van der Waals surface area contributed by atoms with Crippen molar-refractivity contribution in [3.63, 3.8) is 0 Å². The highest BCUT2D eigenvalue weighted by atomic mass is 35.5. The van der Waals surface area contributed by atoms with Crippen LogP contribution in [0.4, 0.5) is 5.95 Å². The molecule has 1 heterocycles. The molecule has 4 nitrogen and oxygen atoms in total. The Kier molecular flexibility index (Phi) is 4.69. The van der Waals surface area contributed by atoms with Crippen LogP contribution in [-0.2, 0) is 6.54 Å². The molecule has 2 aromatic rings. The fourth-order valence-corrected chi connectivity index (χ4v) is 1.98. The maximum atomic E-state index is 9.35. The van der Waals surface area contributed by atoms with Crippen LogP contribution in [0, 0.1) is 0 Å². The second-order valence-electron chi connectivity index (χ2n) is 4.30. The lowest BCUT2D eigenvalue weighted by Gasteiger charge is -2.11. The van der Waals surface area contributed by atoms with Crippen molar-refractivity contribution in [3.05, 3.63) is 34.8 Å². The van der Waals surface area contributed by atoms with Crippen molar-refractivity contribution in [2.45, 2.75) is 19.6 Å². The third kappa shape index (κ3) is 3.41. The van der Waals surface area contributed by atoms with E-state index in [1.807, 2.05) is 28.8 Å². The van der Waals surface area contributed by atoms with Crippen molar-refractivity contribution in [2.75, 3.05) is 11.9 Å². The summed E-state index contributed by atoms with van der Waals surface area (Å²) < 4.78 is 1.93. The molecule has 2 rings (SSSR count). The molecule has 0 aliphatic carbocycles. The molecule has 2 N–H and O–H groups in total. The lowest BCUT2D eigenvalue weighted by Crippen LogP contribution is -2.18. The van der Waals surface area contributed by atoms with Gasteiger partial charge in [0.15, 0.2) is 0 Å². The highest BCUT2D eigenvalue weighted by molar-refractivity contribution is 6.36. The Hall–Kier alpha value is -1.23. The molecule has 6 heteroatoms. The van der Waals surface area contributed by atoms with Gasteiger partial charge in [0, 0.05) is 17.1 Å². The highest BCUT2D eigenvalue weighted by Crippen LogP contribution is 2.22. The first-order chi connectivity index (χ1) is 9.11. The minimum atomic E-state index is -0.452. The summed E-state index contributed by atoms with van der Waals surface area (Å²) >= 11 is 11.6. The Morgan fingerprint density at radius 1 is 1.53 bits per heavy atom. The van der Waals surface area contributed by atoms with Crippen LogP contribution < -0.4 is 5.32 Å². The van der Waals surface area contributed by atoms with Crippen LogP contribution in [0.1, 0.15) is 6.92 Å². The number of aliphatic hydroxyl groups is 1. The Morgan fingerprint density at radius 2 is 2.26 bits per heavy atom.